The number of nitrogens with one attached hydrogen (secondary N) is 1. The maximum Gasteiger partial charge on any atom is 0.233 e. The van der Waals surface area contributed by atoms with Crippen LogP contribution in [0, 0.1) is 5.41 Å². The molecule has 1 aliphatic carbocycles. The van der Waals surface area contributed by atoms with Crippen molar-refractivity contribution < 1.29 is 4.79 Å². The largest absolute Gasteiger partial charge is 0.392 e. The molecule has 1 amide bonds. The molecule has 18 heavy (non-hydrogen) atoms. The Hall–Kier alpha value is -0.680. The second-order valence-corrected chi connectivity index (χ2v) is 6.17. The van der Waals surface area contributed by atoms with Gasteiger partial charge in [-0.1, -0.05) is 25.1 Å². The first-order chi connectivity index (χ1) is 8.54. The summed E-state index contributed by atoms with van der Waals surface area (Å²) in [6.45, 7) is 2.05. The van der Waals surface area contributed by atoms with Crippen molar-refractivity contribution in [3.8, 4) is 0 Å². The van der Waals surface area contributed by atoms with E-state index in [-0.39, 0.29) is 11.9 Å². The molecule has 0 aromatic rings. The number of rotatable bonds is 3. The highest BCUT2D eigenvalue weighted by atomic mass is 32.1. The Kier molecular flexibility index (Phi) is 4.22. The zero-order chi connectivity index (χ0) is 13.2. The van der Waals surface area contributed by atoms with E-state index in [4.69, 9.17) is 18.0 Å². The van der Waals surface area contributed by atoms with Gasteiger partial charge in [0.15, 0.2) is 0 Å². The van der Waals surface area contributed by atoms with Crippen molar-refractivity contribution in [2.45, 2.75) is 44.6 Å². The second kappa shape index (κ2) is 5.53. The molecule has 1 saturated carbocycles. The quantitative estimate of drug-likeness (QED) is 0.752. The van der Waals surface area contributed by atoms with Gasteiger partial charge in [-0.2, -0.15) is 0 Å². The number of carbonyl (C=O) groups excluding carboxylic acids is 1. The van der Waals surface area contributed by atoms with Crippen LogP contribution in [0.1, 0.15) is 38.5 Å². The van der Waals surface area contributed by atoms with E-state index in [1.54, 1.807) is 0 Å². The Morgan fingerprint density at radius 1 is 1.39 bits per heavy atom. The molecule has 3 N–H and O–H groups in total. The third-order valence-corrected chi connectivity index (χ3v) is 4.71. The Balaban J connectivity index is 1.99. The van der Waals surface area contributed by atoms with Crippen molar-refractivity contribution in [1.29, 1.82) is 0 Å². The summed E-state index contributed by atoms with van der Waals surface area (Å²) >= 11 is 5.14. The highest BCUT2D eigenvalue weighted by Crippen LogP contribution is 2.38. The molecule has 5 heteroatoms. The van der Waals surface area contributed by atoms with Crippen LogP contribution in [-0.4, -0.2) is 42.0 Å². The number of hydrogen-bond acceptors (Lipinski definition) is 3. The molecule has 1 saturated heterocycles. The lowest BCUT2D eigenvalue weighted by molar-refractivity contribution is -0.128. The molecule has 1 atom stereocenters. The van der Waals surface area contributed by atoms with Crippen LogP contribution in [0.15, 0.2) is 0 Å². The molecule has 2 fully saturated rings. The number of thiocarbonyl (C=S) groups is 1. The lowest BCUT2D eigenvalue weighted by Gasteiger charge is -2.34. The van der Waals surface area contributed by atoms with E-state index in [1.165, 1.54) is 0 Å². The van der Waals surface area contributed by atoms with E-state index in [2.05, 4.69) is 17.3 Å². The number of nitrogens with two attached hydrogens (primary N) is 1. The Morgan fingerprint density at radius 3 is 2.61 bits per heavy atom. The normalized spacial score (nSPS) is 27.9. The van der Waals surface area contributed by atoms with Gasteiger partial charge in [-0.3, -0.25) is 4.79 Å². The van der Waals surface area contributed by atoms with Crippen LogP contribution in [0.4, 0.5) is 0 Å². The van der Waals surface area contributed by atoms with Crippen molar-refractivity contribution >= 4 is 23.1 Å². The summed E-state index contributed by atoms with van der Waals surface area (Å²) in [5, 5.41) is 3.17. The lowest BCUT2D eigenvalue weighted by atomic mass is 9.84. The SMILES string of the molecule is CN1CCCC(NC(=O)C2(C(N)=S)CCCC2)C1. The summed E-state index contributed by atoms with van der Waals surface area (Å²) in [6.07, 6.45) is 5.93. The van der Waals surface area contributed by atoms with Crippen LogP contribution >= 0.6 is 12.2 Å². The fourth-order valence-electron chi connectivity index (χ4n) is 3.17. The van der Waals surface area contributed by atoms with Crippen molar-refractivity contribution in [2.75, 3.05) is 20.1 Å². The van der Waals surface area contributed by atoms with Crippen molar-refractivity contribution in [3.63, 3.8) is 0 Å². The first kappa shape index (κ1) is 13.7. The van der Waals surface area contributed by atoms with Gasteiger partial charge in [0.1, 0.15) is 0 Å². The number of nitrogens with zero attached hydrogens (tertiary/aromatic N) is 1. The summed E-state index contributed by atoms with van der Waals surface area (Å²) in [5.41, 5.74) is 5.26. The van der Waals surface area contributed by atoms with E-state index >= 15 is 0 Å². The molecular weight excluding hydrogens is 246 g/mol. The highest BCUT2D eigenvalue weighted by molar-refractivity contribution is 7.80. The predicted molar refractivity (Wildman–Crippen MR) is 76.3 cm³/mol. The van der Waals surface area contributed by atoms with Gasteiger partial charge in [-0.05, 0) is 39.3 Å². The molecule has 0 aromatic heterocycles. The van der Waals surface area contributed by atoms with Gasteiger partial charge < -0.3 is 16.0 Å². The zero-order valence-corrected chi connectivity index (χ0v) is 11.9. The van der Waals surface area contributed by atoms with Gasteiger partial charge in [0.25, 0.3) is 0 Å². The highest BCUT2D eigenvalue weighted by Gasteiger charge is 2.44. The van der Waals surface area contributed by atoms with E-state index in [0.29, 0.717) is 4.99 Å². The lowest BCUT2D eigenvalue weighted by Crippen LogP contribution is -2.53. The van der Waals surface area contributed by atoms with Crippen molar-refractivity contribution in [1.82, 2.24) is 10.2 Å². The van der Waals surface area contributed by atoms with Gasteiger partial charge >= 0.3 is 0 Å². The smallest absolute Gasteiger partial charge is 0.233 e. The predicted octanol–water partition coefficient (Wildman–Crippen LogP) is 1.04. The molecule has 1 unspecified atom stereocenters. The van der Waals surface area contributed by atoms with Gasteiger partial charge in [-0.15, -0.1) is 0 Å². The molecule has 2 rings (SSSR count). The van der Waals surface area contributed by atoms with Crippen LogP contribution in [0.25, 0.3) is 0 Å². The molecule has 0 bridgehead atoms. The Labute approximate surface area is 114 Å². The molecule has 0 radical (unpaired) electrons. The molecule has 2 aliphatic rings. The van der Waals surface area contributed by atoms with Gasteiger partial charge in [0, 0.05) is 12.6 Å². The van der Waals surface area contributed by atoms with E-state index in [9.17, 15) is 4.79 Å². The number of amides is 1. The Bertz CT molecular complexity index is 339. The minimum absolute atomic E-state index is 0.0628. The van der Waals surface area contributed by atoms with Crippen LogP contribution in [0.5, 0.6) is 0 Å². The summed E-state index contributed by atoms with van der Waals surface area (Å²) in [5.74, 6) is 0.0628. The van der Waals surface area contributed by atoms with Crippen LogP contribution < -0.4 is 11.1 Å². The van der Waals surface area contributed by atoms with Gasteiger partial charge in [0.2, 0.25) is 5.91 Å². The maximum absolute atomic E-state index is 12.5. The standard InChI is InChI=1S/C13H23N3OS/c1-16-8-4-5-10(9-16)15-12(17)13(11(14)18)6-2-3-7-13/h10H,2-9H2,1H3,(H2,14,18)(H,15,17). The average molecular weight is 269 g/mol. The molecule has 0 spiro atoms. The minimum Gasteiger partial charge on any atom is -0.392 e. The number of hydrogen-bond donors (Lipinski definition) is 2. The number of likely N-dealkylation sites (tertiary alicyclic amines) is 1. The second-order valence-electron chi connectivity index (χ2n) is 5.73. The van der Waals surface area contributed by atoms with Crippen LogP contribution in [0.2, 0.25) is 0 Å². The first-order valence-electron chi connectivity index (χ1n) is 6.84. The Morgan fingerprint density at radius 2 is 2.06 bits per heavy atom. The number of piperidine rings is 1. The maximum atomic E-state index is 12.5. The molecule has 1 heterocycles. The molecule has 4 nitrogen and oxygen atoms in total. The summed E-state index contributed by atoms with van der Waals surface area (Å²) in [6, 6.07) is 0.253. The summed E-state index contributed by atoms with van der Waals surface area (Å²) < 4.78 is 0. The number of carbonyl (C=O) groups is 1. The van der Waals surface area contributed by atoms with Crippen molar-refractivity contribution in [2.24, 2.45) is 11.1 Å². The van der Waals surface area contributed by atoms with E-state index in [1.807, 2.05) is 0 Å². The monoisotopic (exact) mass is 269 g/mol. The topological polar surface area (TPSA) is 58.4 Å². The van der Waals surface area contributed by atoms with Crippen LogP contribution in [-0.2, 0) is 4.79 Å². The summed E-state index contributed by atoms with van der Waals surface area (Å²) in [4.78, 5) is 15.1. The fraction of sp³-hybridized carbons (Fsp3) is 0.846. The average Bonchev–Trinajstić information content (AvgIpc) is 2.79. The van der Waals surface area contributed by atoms with Gasteiger partial charge in [-0.25, -0.2) is 0 Å². The fourth-order valence-corrected chi connectivity index (χ4v) is 3.47. The summed E-state index contributed by atoms with van der Waals surface area (Å²) in [7, 11) is 2.09. The van der Waals surface area contributed by atoms with E-state index in [0.717, 1.165) is 51.6 Å². The van der Waals surface area contributed by atoms with Crippen molar-refractivity contribution in [3.05, 3.63) is 0 Å². The molecule has 1 aliphatic heterocycles. The third kappa shape index (κ3) is 2.67. The third-order valence-electron chi connectivity index (χ3n) is 4.32. The van der Waals surface area contributed by atoms with E-state index < -0.39 is 5.41 Å². The molecule has 0 aromatic carbocycles. The molecule has 102 valence electrons. The zero-order valence-electron chi connectivity index (χ0n) is 11.1. The molecular formula is C13H23N3OS. The number of likely N-dealkylation sites (N-methyl/N-ethyl adjacent to an activating group) is 1. The minimum atomic E-state index is -0.564. The van der Waals surface area contributed by atoms with Gasteiger partial charge in [0.05, 0.1) is 10.4 Å². The first-order valence-corrected chi connectivity index (χ1v) is 7.25. The van der Waals surface area contributed by atoms with Crippen LogP contribution in [0.3, 0.4) is 0 Å².